The number of nitrogens with zero attached hydrogens (tertiary/aromatic N) is 3. The van der Waals surface area contributed by atoms with Crippen LogP contribution in [0.25, 0.3) is 16.6 Å². The zero-order valence-electron chi connectivity index (χ0n) is 16.7. The zero-order chi connectivity index (χ0) is 21.8. The molecule has 1 aliphatic rings. The number of para-hydroxylation sites is 1. The fourth-order valence-electron chi connectivity index (χ4n) is 3.57. The van der Waals surface area contributed by atoms with Gasteiger partial charge in [0.15, 0.2) is 5.16 Å². The van der Waals surface area contributed by atoms with E-state index in [4.69, 9.17) is 0 Å². The molecule has 0 atom stereocenters. The first-order chi connectivity index (χ1) is 15.0. The second-order valence-electron chi connectivity index (χ2n) is 7.15. The lowest BCUT2D eigenvalue weighted by atomic mass is 10.1. The fraction of sp³-hybridized carbons (Fsp3) is 0.318. The Morgan fingerprint density at radius 3 is 2.45 bits per heavy atom. The molecule has 0 unspecified atom stereocenters. The second-order valence-corrected chi connectivity index (χ2v) is 9.16. The van der Waals surface area contributed by atoms with Crippen LogP contribution in [0.2, 0.25) is 0 Å². The lowest BCUT2D eigenvalue weighted by Crippen LogP contribution is -2.36. The highest BCUT2D eigenvalue weighted by atomic mass is 32.2. The van der Waals surface area contributed by atoms with Crippen molar-refractivity contribution in [3.05, 3.63) is 58.9 Å². The van der Waals surface area contributed by atoms with Crippen molar-refractivity contribution in [2.24, 2.45) is 0 Å². The summed E-state index contributed by atoms with van der Waals surface area (Å²) in [5.74, 6) is -2.30. The van der Waals surface area contributed by atoms with Crippen molar-refractivity contribution in [2.75, 3.05) is 18.8 Å². The van der Waals surface area contributed by atoms with Gasteiger partial charge >= 0.3 is 0 Å². The van der Waals surface area contributed by atoms with E-state index in [1.165, 1.54) is 16.3 Å². The Hall–Kier alpha value is -2.39. The van der Waals surface area contributed by atoms with Gasteiger partial charge in [0.05, 0.1) is 22.3 Å². The number of benzene rings is 2. The van der Waals surface area contributed by atoms with Gasteiger partial charge in [0.1, 0.15) is 0 Å². The van der Waals surface area contributed by atoms with Gasteiger partial charge in [0.2, 0.25) is 5.91 Å². The molecule has 0 N–H and O–H groups in total. The minimum absolute atomic E-state index is 0.0299. The fourth-order valence-corrected chi connectivity index (χ4v) is 4.99. The summed E-state index contributed by atoms with van der Waals surface area (Å²) in [6, 6.07) is 13.4. The predicted molar refractivity (Wildman–Crippen MR) is 120 cm³/mol. The Kier molecular flexibility index (Phi) is 6.92. The second kappa shape index (κ2) is 9.82. The van der Waals surface area contributed by atoms with E-state index < -0.39 is 5.76 Å². The van der Waals surface area contributed by atoms with Crippen molar-refractivity contribution < 1.29 is 13.6 Å². The number of rotatable bonds is 6. The molecule has 2 aromatic carbocycles. The van der Waals surface area contributed by atoms with Crippen LogP contribution in [-0.2, 0) is 4.79 Å². The number of carbonyl (C=O) groups is 1. The van der Waals surface area contributed by atoms with E-state index in [9.17, 15) is 18.4 Å². The van der Waals surface area contributed by atoms with Crippen molar-refractivity contribution in [3.8, 4) is 5.69 Å². The SMILES string of the molecule is O=C(CSc1nc2ccccc2c(=O)n1-c1ccc(SC(F)F)cc1)N1CCCCC1. The summed E-state index contributed by atoms with van der Waals surface area (Å²) >= 11 is 1.67. The van der Waals surface area contributed by atoms with Crippen molar-refractivity contribution >= 4 is 40.3 Å². The van der Waals surface area contributed by atoms with Crippen LogP contribution in [0.1, 0.15) is 19.3 Å². The summed E-state index contributed by atoms with van der Waals surface area (Å²) in [5, 5.41) is 0.864. The van der Waals surface area contributed by atoms with Crippen LogP contribution in [0, 0.1) is 0 Å². The summed E-state index contributed by atoms with van der Waals surface area (Å²) in [4.78, 5) is 32.8. The number of alkyl halides is 2. The van der Waals surface area contributed by atoms with Crippen LogP contribution in [0.3, 0.4) is 0 Å². The van der Waals surface area contributed by atoms with Crippen LogP contribution >= 0.6 is 23.5 Å². The standard InChI is InChI=1S/C22H21F2N3O2S2/c23-21(24)31-16-10-8-15(9-11-16)27-20(29)17-6-2-3-7-18(17)25-22(27)30-14-19(28)26-12-4-1-5-13-26/h2-3,6-11,21H,1,4-5,12-14H2. The third-order valence-electron chi connectivity index (χ3n) is 5.10. The Morgan fingerprint density at radius 2 is 1.74 bits per heavy atom. The van der Waals surface area contributed by atoms with E-state index in [2.05, 4.69) is 4.98 Å². The molecule has 2 heterocycles. The Bertz CT molecular complexity index is 1130. The molecule has 162 valence electrons. The highest BCUT2D eigenvalue weighted by Gasteiger charge is 2.19. The third kappa shape index (κ3) is 5.10. The average Bonchev–Trinajstić information content (AvgIpc) is 2.78. The van der Waals surface area contributed by atoms with Crippen LogP contribution in [0.5, 0.6) is 0 Å². The first-order valence-corrected chi connectivity index (χ1v) is 11.9. The highest BCUT2D eigenvalue weighted by Crippen LogP contribution is 2.27. The van der Waals surface area contributed by atoms with E-state index >= 15 is 0 Å². The van der Waals surface area contributed by atoms with Crippen molar-refractivity contribution in [2.45, 2.75) is 35.1 Å². The molecule has 1 fully saturated rings. The lowest BCUT2D eigenvalue weighted by Gasteiger charge is -2.26. The molecule has 4 rings (SSSR count). The molecule has 1 amide bonds. The topological polar surface area (TPSA) is 55.2 Å². The van der Waals surface area contributed by atoms with Crippen molar-refractivity contribution in [1.29, 1.82) is 0 Å². The average molecular weight is 462 g/mol. The molecule has 0 saturated carbocycles. The van der Waals surface area contributed by atoms with Gasteiger partial charge in [-0.2, -0.15) is 8.78 Å². The van der Waals surface area contributed by atoms with E-state index in [0.29, 0.717) is 38.4 Å². The Morgan fingerprint density at radius 1 is 1.03 bits per heavy atom. The predicted octanol–water partition coefficient (Wildman–Crippen LogP) is 4.81. The van der Waals surface area contributed by atoms with Gasteiger partial charge in [0.25, 0.3) is 11.3 Å². The number of thioether (sulfide) groups is 2. The van der Waals surface area contributed by atoms with Gasteiger partial charge in [-0.05, 0) is 55.7 Å². The normalized spacial score (nSPS) is 14.4. The van der Waals surface area contributed by atoms with Gasteiger partial charge in [-0.25, -0.2) is 4.98 Å². The van der Waals surface area contributed by atoms with Crippen LogP contribution in [0.4, 0.5) is 8.78 Å². The van der Waals surface area contributed by atoms with Gasteiger partial charge in [0, 0.05) is 18.0 Å². The van der Waals surface area contributed by atoms with Gasteiger partial charge in [-0.1, -0.05) is 35.7 Å². The van der Waals surface area contributed by atoms with Crippen LogP contribution < -0.4 is 5.56 Å². The molecule has 1 aliphatic heterocycles. The van der Waals surface area contributed by atoms with Crippen LogP contribution in [-0.4, -0.2) is 45.0 Å². The van der Waals surface area contributed by atoms with Crippen molar-refractivity contribution in [1.82, 2.24) is 14.5 Å². The first kappa shape index (κ1) is 21.8. The van der Waals surface area contributed by atoms with Crippen LogP contribution in [0.15, 0.2) is 63.4 Å². The lowest BCUT2D eigenvalue weighted by molar-refractivity contribution is -0.129. The molecule has 0 radical (unpaired) electrons. The summed E-state index contributed by atoms with van der Waals surface area (Å²) in [5.41, 5.74) is 0.823. The monoisotopic (exact) mass is 461 g/mol. The molecule has 5 nitrogen and oxygen atoms in total. The number of hydrogen-bond acceptors (Lipinski definition) is 5. The molecule has 1 aromatic heterocycles. The molecule has 9 heteroatoms. The van der Waals surface area contributed by atoms with Gasteiger partial charge in [-0.3, -0.25) is 14.2 Å². The van der Waals surface area contributed by atoms with Gasteiger partial charge < -0.3 is 4.90 Å². The Labute approximate surface area is 186 Å². The summed E-state index contributed by atoms with van der Waals surface area (Å²) in [7, 11) is 0. The molecular formula is C22H21F2N3O2S2. The summed E-state index contributed by atoms with van der Waals surface area (Å²) in [6.07, 6.45) is 3.17. The van der Waals surface area contributed by atoms with Gasteiger partial charge in [-0.15, -0.1) is 0 Å². The number of likely N-dealkylation sites (tertiary alicyclic amines) is 1. The molecule has 31 heavy (non-hydrogen) atoms. The number of piperidine rings is 1. The highest BCUT2D eigenvalue weighted by molar-refractivity contribution is 8.00. The maximum Gasteiger partial charge on any atom is 0.288 e. The summed E-state index contributed by atoms with van der Waals surface area (Å²) < 4.78 is 26.7. The molecular weight excluding hydrogens is 440 g/mol. The number of amides is 1. The van der Waals surface area contributed by atoms with E-state index in [1.807, 2.05) is 11.0 Å². The van der Waals surface area contributed by atoms with Crippen molar-refractivity contribution in [3.63, 3.8) is 0 Å². The molecule has 0 spiro atoms. The minimum atomic E-state index is -2.51. The van der Waals surface area contributed by atoms with E-state index in [-0.39, 0.29) is 17.2 Å². The number of halogens is 2. The van der Waals surface area contributed by atoms with E-state index in [0.717, 1.165) is 32.4 Å². The smallest absolute Gasteiger partial charge is 0.288 e. The quantitative estimate of drug-likeness (QED) is 0.390. The first-order valence-electron chi connectivity index (χ1n) is 10.0. The molecule has 1 saturated heterocycles. The maximum atomic E-state index is 13.2. The number of hydrogen-bond donors (Lipinski definition) is 0. The number of fused-ring (bicyclic) bond motifs is 1. The largest absolute Gasteiger partial charge is 0.342 e. The minimum Gasteiger partial charge on any atom is -0.342 e. The van der Waals surface area contributed by atoms with E-state index in [1.54, 1.807) is 42.5 Å². The maximum absolute atomic E-state index is 13.2. The third-order valence-corrected chi connectivity index (χ3v) is 6.74. The molecule has 0 aliphatic carbocycles. The Balaban J connectivity index is 1.68. The number of carbonyl (C=O) groups excluding carboxylic acids is 1. The number of aromatic nitrogens is 2. The summed E-state index contributed by atoms with van der Waals surface area (Å²) in [6.45, 7) is 1.53. The zero-order valence-corrected chi connectivity index (χ0v) is 18.3. The molecule has 3 aromatic rings. The molecule has 0 bridgehead atoms.